The van der Waals surface area contributed by atoms with Crippen molar-refractivity contribution < 1.29 is 9.53 Å². The van der Waals surface area contributed by atoms with Gasteiger partial charge in [0.05, 0.1) is 24.9 Å². The van der Waals surface area contributed by atoms with E-state index < -0.39 is 5.97 Å². The molecule has 0 aliphatic rings. The Hall–Kier alpha value is -2.43. The number of benzene rings is 1. The quantitative estimate of drug-likeness (QED) is 0.794. The van der Waals surface area contributed by atoms with Crippen LogP contribution in [0, 0.1) is 6.92 Å². The van der Waals surface area contributed by atoms with Gasteiger partial charge in [-0.1, -0.05) is 18.2 Å². The number of carbonyl (C=O) groups is 1. The van der Waals surface area contributed by atoms with Crippen LogP contribution >= 0.6 is 0 Å². The van der Waals surface area contributed by atoms with Crippen molar-refractivity contribution in [3.8, 4) is 5.69 Å². The van der Waals surface area contributed by atoms with Gasteiger partial charge in [-0.05, 0) is 31.5 Å². The number of aromatic nitrogens is 2. The molecule has 2 rings (SSSR count). The zero-order valence-corrected chi connectivity index (χ0v) is 11.5. The zero-order chi connectivity index (χ0) is 14.5. The molecular weight excluding hydrogens is 256 g/mol. The van der Waals surface area contributed by atoms with E-state index in [1.54, 1.807) is 32.2 Å². The minimum absolute atomic E-state index is 0.0339. The van der Waals surface area contributed by atoms with E-state index in [4.69, 9.17) is 4.74 Å². The molecule has 0 unspecified atom stereocenters. The predicted octanol–water partition coefficient (Wildman–Crippen LogP) is 1.65. The Morgan fingerprint density at radius 3 is 2.65 bits per heavy atom. The van der Waals surface area contributed by atoms with Crippen molar-refractivity contribution in [3.63, 3.8) is 0 Å². The number of aryl methyl sites for hydroxylation is 1. The van der Waals surface area contributed by atoms with Crippen molar-refractivity contribution in [2.45, 2.75) is 20.3 Å². The number of rotatable bonds is 4. The Bertz CT molecular complexity index is 663. The maximum atomic E-state index is 12.4. The van der Waals surface area contributed by atoms with Crippen LogP contribution in [-0.2, 0) is 16.0 Å². The van der Waals surface area contributed by atoms with Crippen LogP contribution in [-0.4, -0.2) is 22.4 Å². The molecule has 0 atom stereocenters. The Labute approximate surface area is 116 Å². The molecule has 0 N–H and O–H groups in total. The Balaban J connectivity index is 2.43. The van der Waals surface area contributed by atoms with Crippen LogP contribution in [0.4, 0.5) is 0 Å². The van der Waals surface area contributed by atoms with Gasteiger partial charge in [-0.3, -0.25) is 9.59 Å². The smallest absolute Gasteiger partial charge is 0.310 e. The number of para-hydroxylation sites is 1. The molecular formula is C15H16N2O3. The fraction of sp³-hybridized carbons (Fsp3) is 0.267. The molecule has 0 aliphatic carbocycles. The number of nitrogens with zero attached hydrogens (tertiary/aromatic N) is 2. The van der Waals surface area contributed by atoms with Gasteiger partial charge >= 0.3 is 5.97 Å². The maximum Gasteiger partial charge on any atom is 0.310 e. The monoisotopic (exact) mass is 272 g/mol. The largest absolute Gasteiger partial charge is 0.466 e. The molecule has 20 heavy (non-hydrogen) atoms. The molecule has 1 aromatic heterocycles. The van der Waals surface area contributed by atoms with Crippen LogP contribution in [0.15, 0.2) is 41.3 Å². The van der Waals surface area contributed by atoms with Crippen LogP contribution < -0.4 is 5.56 Å². The predicted molar refractivity (Wildman–Crippen MR) is 74.9 cm³/mol. The molecule has 1 aromatic carbocycles. The highest BCUT2D eigenvalue weighted by Crippen LogP contribution is 2.06. The van der Waals surface area contributed by atoms with Gasteiger partial charge in [-0.2, -0.15) is 9.78 Å². The molecule has 5 heteroatoms. The summed E-state index contributed by atoms with van der Waals surface area (Å²) in [5, 5.41) is 4.11. The zero-order valence-electron chi connectivity index (χ0n) is 11.5. The summed E-state index contributed by atoms with van der Waals surface area (Å²) in [6.07, 6.45) is 1.55. The van der Waals surface area contributed by atoms with Gasteiger partial charge in [0.1, 0.15) is 0 Å². The lowest BCUT2D eigenvalue weighted by Crippen LogP contribution is -2.27. The van der Waals surface area contributed by atoms with Crippen molar-refractivity contribution in [1.29, 1.82) is 0 Å². The Morgan fingerprint density at radius 1 is 1.30 bits per heavy atom. The normalized spacial score (nSPS) is 10.3. The van der Waals surface area contributed by atoms with Crippen molar-refractivity contribution >= 4 is 5.97 Å². The van der Waals surface area contributed by atoms with Crippen LogP contribution in [0.1, 0.15) is 18.1 Å². The molecule has 5 nitrogen and oxygen atoms in total. The molecule has 104 valence electrons. The number of hydrogen-bond acceptors (Lipinski definition) is 4. The maximum absolute atomic E-state index is 12.4. The molecule has 1 heterocycles. The first kappa shape index (κ1) is 14.0. The van der Waals surface area contributed by atoms with Crippen molar-refractivity contribution in [2.24, 2.45) is 0 Å². The van der Waals surface area contributed by atoms with Crippen molar-refractivity contribution in [2.75, 3.05) is 6.61 Å². The van der Waals surface area contributed by atoms with Crippen LogP contribution in [0.3, 0.4) is 0 Å². The first-order valence-corrected chi connectivity index (χ1v) is 6.42. The van der Waals surface area contributed by atoms with Gasteiger partial charge in [0.25, 0.3) is 5.56 Å². The standard InChI is InChI=1S/C15H16N2O3/c1-3-20-14(18)9-13-11(2)10-16-17(15(13)19)12-7-5-4-6-8-12/h4-8,10H,3,9H2,1-2H3. The summed E-state index contributed by atoms with van der Waals surface area (Å²) in [4.78, 5) is 24.0. The van der Waals surface area contributed by atoms with E-state index in [1.165, 1.54) is 4.68 Å². The molecule has 0 aliphatic heterocycles. The molecule has 0 radical (unpaired) electrons. The summed E-state index contributed by atoms with van der Waals surface area (Å²) in [7, 11) is 0. The second-order valence-electron chi connectivity index (χ2n) is 4.34. The molecule has 0 amide bonds. The van der Waals surface area contributed by atoms with Gasteiger partial charge in [0, 0.05) is 5.56 Å². The first-order chi connectivity index (χ1) is 9.63. The highest BCUT2D eigenvalue weighted by atomic mass is 16.5. The van der Waals surface area contributed by atoms with E-state index in [0.29, 0.717) is 23.4 Å². The molecule has 0 saturated carbocycles. The highest BCUT2D eigenvalue weighted by Gasteiger charge is 2.14. The van der Waals surface area contributed by atoms with Gasteiger partial charge < -0.3 is 4.74 Å². The van der Waals surface area contributed by atoms with Crippen molar-refractivity contribution in [1.82, 2.24) is 9.78 Å². The molecule has 0 fully saturated rings. The lowest BCUT2D eigenvalue weighted by Gasteiger charge is -2.09. The van der Waals surface area contributed by atoms with E-state index in [-0.39, 0.29) is 12.0 Å². The lowest BCUT2D eigenvalue weighted by molar-refractivity contribution is -0.142. The van der Waals surface area contributed by atoms with Gasteiger partial charge in [-0.15, -0.1) is 0 Å². The highest BCUT2D eigenvalue weighted by molar-refractivity contribution is 5.72. The molecule has 2 aromatic rings. The number of carbonyl (C=O) groups excluding carboxylic acids is 1. The second kappa shape index (κ2) is 6.14. The van der Waals surface area contributed by atoms with E-state index in [9.17, 15) is 9.59 Å². The molecule has 0 bridgehead atoms. The van der Waals surface area contributed by atoms with E-state index in [0.717, 1.165) is 0 Å². The van der Waals surface area contributed by atoms with E-state index >= 15 is 0 Å². The van der Waals surface area contributed by atoms with Gasteiger partial charge in [0.2, 0.25) is 0 Å². The molecule has 0 saturated heterocycles. The average molecular weight is 272 g/mol. The van der Waals surface area contributed by atoms with Crippen LogP contribution in [0.5, 0.6) is 0 Å². The summed E-state index contributed by atoms with van der Waals surface area (Å²) in [5.74, 6) is -0.404. The number of esters is 1. The van der Waals surface area contributed by atoms with E-state index in [1.807, 2.05) is 18.2 Å². The topological polar surface area (TPSA) is 61.2 Å². The summed E-state index contributed by atoms with van der Waals surface area (Å²) in [6, 6.07) is 9.10. The summed E-state index contributed by atoms with van der Waals surface area (Å²) < 4.78 is 6.19. The van der Waals surface area contributed by atoms with Gasteiger partial charge in [-0.25, -0.2) is 0 Å². The van der Waals surface area contributed by atoms with Crippen LogP contribution in [0.25, 0.3) is 5.69 Å². The number of ether oxygens (including phenoxy) is 1. The summed E-state index contributed by atoms with van der Waals surface area (Å²) in [5.41, 5.74) is 1.49. The minimum atomic E-state index is -0.404. The van der Waals surface area contributed by atoms with E-state index in [2.05, 4.69) is 5.10 Å². The Kier molecular flexibility index (Phi) is 4.30. The average Bonchev–Trinajstić information content (AvgIpc) is 2.45. The third-order valence-corrected chi connectivity index (χ3v) is 2.92. The third-order valence-electron chi connectivity index (χ3n) is 2.92. The minimum Gasteiger partial charge on any atom is -0.466 e. The van der Waals surface area contributed by atoms with Crippen LogP contribution in [0.2, 0.25) is 0 Å². The number of hydrogen-bond donors (Lipinski definition) is 0. The third kappa shape index (κ3) is 2.93. The second-order valence-corrected chi connectivity index (χ2v) is 4.34. The summed E-state index contributed by atoms with van der Waals surface area (Å²) in [6.45, 7) is 3.80. The summed E-state index contributed by atoms with van der Waals surface area (Å²) >= 11 is 0. The Morgan fingerprint density at radius 2 is 2.00 bits per heavy atom. The molecule has 0 spiro atoms. The SMILES string of the molecule is CCOC(=O)Cc1c(C)cnn(-c2ccccc2)c1=O. The van der Waals surface area contributed by atoms with Gasteiger partial charge in [0.15, 0.2) is 0 Å². The first-order valence-electron chi connectivity index (χ1n) is 6.42. The lowest BCUT2D eigenvalue weighted by atomic mass is 10.1. The fourth-order valence-electron chi connectivity index (χ4n) is 1.90. The van der Waals surface area contributed by atoms with Crippen molar-refractivity contribution in [3.05, 3.63) is 58.0 Å². The fourth-order valence-corrected chi connectivity index (χ4v) is 1.90.